The standard InChI is InChI=1S/C8H15N3OS/c1-6(3-4-12-2)10-8-5-7(9)11-13-8/h5-6,10H,3-4H2,1-2H3,(H2,9,11). The highest BCUT2D eigenvalue weighted by atomic mass is 32.1. The molecule has 0 radical (unpaired) electrons. The first kappa shape index (κ1) is 10.3. The van der Waals surface area contributed by atoms with E-state index in [1.54, 1.807) is 7.11 Å². The fraction of sp³-hybridized carbons (Fsp3) is 0.625. The molecule has 0 aliphatic heterocycles. The number of methoxy groups -OCH3 is 1. The Morgan fingerprint density at radius 2 is 2.54 bits per heavy atom. The fourth-order valence-electron chi connectivity index (χ4n) is 0.967. The predicted molar refractivity (Wildman–Crippen MR) is 56.1 cm³/mol. The normalized spacial score (nSPS) is 12.8. The van der Waals surface area contributed by atoms with Crippen LogP contribution in [0.15, 0.2) is 6.07 Å². The van der Waals surface area contributed by atoms with Crippen LogP contribution in [-0.2, 0) is 4.74 Å². The summed E-state index contributed by atoms with van der Waals surface area (Å²) in [6, 6.07) is 2.23. The van der Waals surface area contributed by atoms with E-state index in [1.165, 1.54) is 11.5 Å². The molecule has 5 heteroatoms. The van der Waals surface area contributed by atoms with Gasteiger partial charge in [0.25, 0.3) is 0 Å². The first-order valence-corrected chi connectivity index (χ1v) is 4.97. The minimum absolute atomic E-state index is 0.389. The fourth-order valence-corrected chi connectivity index (χ4v) is 1.65. The summed E-state index contributed by atoms with van der Waals surface area (Å²) < 4.78 is 8.95. The largest absolute Gasteiger partial charge is 0.385 e. The highest BCUT2D eigenvalue weighted by Gasteiger charge is 2.03. The predicted octanol–water partition coefficient (Wildman–Crippen LogP) is 1.56. The molecule has 13 heavy (non-hydrogen) atoms. The second-order valence-electron chi connectivity index (χ2n) is 2.94. The van der Waals surface area contributed by atoms with E-state index in [0.717, 1.165) is 18.0 Å². The van der Waals surface area contributed by atoms with Crippen LogP contribution < -0.4 is 11.1 Å². The number of nitrogens with two attached hydrogens (primary N) is 1. The second-order valence-corrected chi connectivity index (χ2v) is 3.75. The van der Waals surface area contributed by atoms with Gasteiger partial charge < -0.3 is 15.8 Å². The first-order valence-electron chi connectivity index (χ1n) is 4.20. The monoisotopic (exact) mass is 201 g/mol. The molecule has 0 saturated carbocycles. The average Bonchev–Trinajstić information content (AvgIpc) is 2.48. The Hall–Kier alpha value is -0.810. The second kappa shape index (κ2) is 5.04. The summed E-state index contributed by atoms with van der Waals surface area (Å²) >= 11 is 1.38. The van der Waals surface area contributed by atoms with Gasteiger partial charge in [-0.1, -0.05) is 0 Å². The molecule has 1 atom stereocenters. The van der Waals surface area contributed by atoms with Crippen molar-refractivity contribution >= 4 is 22.4 Å². The Balaban J connectivity index is 2.31. The summed E-state index contributed by atoms with van der Waals surface area (Å²) in [6.45, 7) is 2.87. The van der Waals surface area contributed by atoms with Gasteiger partial charge in [0.05, 0.1) is 0 Å². The van der Waals surface area contributed by atoms with Gasteiger partial charge in [-0.25, -0.2) is 0 Å². The molecule has 0 bridgehead atoms. The van der Waals surface area contributed by atoms with Crippen LogP contribution in [0, 0.1) is 0 Å². The van der Waals surface area contributed by atoms with E-state index >= 15 is 0 Å². The molecule has 3 N–H and O–H groups in total. The van der Waals surface area contributed by atoms with Crippen molar-refractivity contribution in [3.63, 3.8) is 0 Å². The quantitative estimate of drug-likeness (QED) is 0.759. The summed E-state index contributed by atoms with van der Waals surface area (Å²) in [6.07, 6.45) is 0.980. The van der Waals surface area contributed by atoms with Crippen molar-refractivity contribution in [2.75, 3.05) is 24.8 Å². The van der Waals surface area contributed by atoms with Gasteiger partial charge in [0.2, 0.25) is 0 Å². The lowest BCUT2D eigenvalue weighted by molar-refractivity contribution is 0.191. The van der Waals surface area contributed by atoms with Crippen LogP contribution in [0.5, 0.6) is 0 Å². The average molecular weight is 201 g/mol. The van der Waals surface area contributed by atoms with E-state index in [1.807, 2.05) is 6.07 Å². The van der Waals surface area contributed by atoms with Gasteiger partial charge in [-0.3, -0.25) is 0 Å². The number of nitrogen functional groups attached to an aromatic ring is 1. The molecule has 0 aliphatic carbocycles. The minimum Gasteiger partial charge on any atom is -0.385 e. The summed E-state index contributed by atoms with van der Waals surface area (Å²) in [7, 11) is 1.71. The van der Waals surface area contributed by atoms with E-state index < -0.39 is 0 Å². The van der Waals surface area contributed by atoms with Gasteiger partial charge >= 0.3 is 0 Å². The van der Waals surface area contributed by atoms with Gasteiger partial charge in [-0.15, -0.1) is 0 Å². The van der Waals surface area contributed by atoms with Gasteiger partial charge in [-0.2, -0.15) is 4.37 Å². The Kier molecular flexibility index (Phi) is 3.98. The number of hydrogen-bond acceptors (Lipinski definition) is 5. The van der Waals surface area contributed by atoms with E-state index in [2.05, 4.69) is 16.6 Å². The summed E-state index contributed by atoms with van der Waals surface area (Å²) in [5, 5.41) is 4.31. The summed E-state index contributed by atoms with van der Waals surface area (Å²) in [5.74, 6) is 0.575. The molecule has 0 fully saturated rings. The molecular weight excluding hydrogens is 186 g/mol. The highest BCUT2D eigenvalue weighted by molar-refractivity contribution is 7.10. The highest BCUT2D eigenvalue weighted by Crippen LogP contribution is 2.18. The third kappa shape index (κ3) is 3.61. The van der Waals surface area contributed by atoms with Crippen LogP contribution in [0.25, 0.3) is 0 Å². The smallest absolute Gasteiger partial charge is 0.139 e. The molecule has 0 saturated heterocycles. The Labute approximate surface area is 82.3 Å². The molecule has 0 aromatic carbocycles. The minimum atomic E-state index is 0.389. The first-order chi connectivity index (χ1) is 6.22. The molecule has 0 spiro atoms. The Morgan fingerprint density at radius 1 is 1.77 bits per heavy atom. The zero-order chi connectivity index (χ0) is 9.68. The van der Waals surface area contributed by atoms with Crippen molar-refractivity contribution < 1.29 is 4.74 Å². The number of nitrogens with zero attached hydrogens (tertiary/aromatic N) is 1. The van der Waals surface area contributed by atoms with Crippen molar-refractivity contribution in [2.45, 2.75) is 19.4 Å². The van der Waals surface area contributed by atoms with Gasteiger partial charge in [0.1, 0.15) is 10.8 Å². The van der Waals surface area contributed by atoms with Gasteiger partial charge in [0, 0.05) is 25.8 Å². The van der Waals surface area contributed by atoms with Crippen LogP contribution in [0.1, 0.15) is 13.3 Å². The maximum absolute atomic E-state index is 5.49. The zero-order valence-electron chi connectivity index (χ0n) is 7.91. The lowest BCUT2D eigenvalue weighted by Crippen LogP contribution is -2.16. The molecule has 1 aromatic heterocycles. The molecule has 1 heterocycles. The lowest BCUT2D eigenvalue weighted by atomic mass is 10.2. The summed E-state index contributed by atoms with van der Waals surface area (Å²) in [5.41, 5.74) is 5.49. The number of ether oxygens (including phenoxy) is 1. The number of anilines is 2. The summed E-state index contributed by atoms with van der Waals surface area (Å²) in [4.78, 5) is 0. The third-order valence-corrected chi connectivity index (χ3v) is 2.41. The Morgan fingerprint density at radius 3 is 3.08 bits per heavy atom. The number of rotatable bonds is 5. The van der Waals surface area contributed by atoms with E-state index in [9.17, 15) is 0 Å². The van der Waals surface area contributed by atoms with Crippen molar-refractivity contribution in [1.29, 1.82) is 0 Å². The number of nitrogens with one attached hydrogen (secondary N) is 1. The lowest BCUT2D eigenvalue weighted by Gasteiger charge is -2.11. The zero-order valence-corrected chi connectivity index (χ0v) is 8.73. The van der Waals surface area contributed by atoms with Crippen molar-refractivity contribution in [2.24, 2.45) is 0 Å². The maximum Gasteiger partial charge on any atom is 0.139 e. The third-order valence-electron chi connectivity index (χ3n) is 1.67. The molecule has 0 aliphatic rings. The van der Waals surface area contributed by atoms with E-state index in [4.69, 9.17) is 10.5 Å². The molecule has 1 rings (SSSR count). The van der Waals surface area contributed by atoms with E-state index in [0.29, 0.717) is 11.9 Å². The van der Waals surface area contributed by atoms with Crippen LogP contribution in [-0.4, -0.2) is 24.1 Å². The van der Waals surface area contributed by atoms with Crippen LogP contribution >= 0.6 is 11.5 Å². The molecule has 1 aromatic rings. The van der Waals surface area contributed by atoms with Gasteiger partial charge in [-0.05, 0) is 24.9 Å². The molecule has 0 amide bonds. The van der Waals surface area contributed by atoms with Crippen LogP contribution in [0.2, 0.25) is 0 Å². The Bertz CT molecular complexity index is 251. The van der Waals surface area contributed by atoms with Crippen molar-refractivity contribution in [1.82, 2.24) is 4.37 Å². The van der Waals surface area contributed by atoms with Gasteiger partial charge in [0.15, 0.2) is 0 Å². The number of aromatic nitrogens is 1. The maximum atomic E-state index is 5.49. The molecule has 74 valence electrons. The van der Waals surface area contributed by atoms with Crippen molar-refractivity contribution in [3.8, 4) is 0 Å². The van der Waals surface area contributed by atoms with Crippen molar-refractivity contribution in [3.05, 3.63) is 6.07 Å². The number of hydrogen-bond donors (Lipinski definition) is 2. The molecule has 4 nitrogen and oxygen atoms in total. The van der Waals surface area contributed by atoms with Crippen LogP contribution in [0.4, 0.5) is 10.8 Å². The topological polar surface area (TPSA) is 60.2 Å². The SMILES string of the molecule is COCCC(C)Nc1cc(N)ns1. The van der Waals surface area contributed by atoms with E-state index in [-0.39, 0.29) is 0 Å². The molecular formula is C8H15N3OS. The molecule has 1 unspecified atom stereocenters. The van der Waals surface area contributed by atoms with Crippen LogP contribution in [0.3, 0.4) is 0 Å².